The molecule has 43 heavy (non-hydrogen) atoms. The minimum Gasteiger partial charge on any atom is -0.363 e. The van der Waals surface area contributed by atoms with Crippen LogP contribution in [0.15, 0.2) is 0 Å². The van der Waals surface area contributed by atoms with Crippen molar-refractivity contribution in [3.05, 3.63) is 0 Å². The number of hydrogen-bond acceptors (Lipinski definition) is 7. The summed E-state index contributed by atoms with van der Waals surface area (Å²) in [6, 6.07) is -4.26. The fraction of sp³-hybridized carbons (Fsp3) is 0.821. The zero-order chi connectivity index (χ0) is 33.2. The van der Waals surface area contributed by atoms with Crippen LogP contribution in [0, 0.1) is 28.6 Å². The molecule has 0 bridgehead atoms. The number of carbonyl (C=O) groups is 5. The molecule has 6 N–H and O–H groups in total. The van der Waals surface area contributed by atoms with Crippen molar-refractivity contribution in [2.24, 2.45) is 34.3 Å². The van der Waals surface area contributed by atoms with Crippen LogP contribution in [0.3, 0.4) is 0 Å². The third kappa shape index (κ3) is 8.44. The molecular weight excluding hydrogens is 578 g/mol. The van der Waals surface area contributed by atoms with Crippen molar-refractivity contribution in [3.8, 4) is 0 Å². The Bertz CT molecular complexity index is 1200. The van der Waals surface area contributed by atoms with Crippen molar-refractivity contribution in [1.82, 2.24) is 29.9 Å². The molecule has 246 valence electrons. The number of fused-ring (bicyclic) bond motifs is 1. The lowest BCUT2D eigenvalue weighted by atomic mass is 9.85. The van der Waals surface area contributed by atoms with Gasteiger partial charge in [-0.3, -0.25) is 19.2 Å². The number of hydrogen-bond donors (Lipinski definition) is 5. The summed E-state index contributed by atoms with van der Waals surface area (Å²) in [6.45, 7) is 15.1. The summed E-state index contributed by atoms with van der Waals surface area (Å²) in [5.41, 5.74) is 4.24. The van der Waals surface area contributed by atoms with Gasteiger partial charge in [0.05, 0.1) is 6.04 Å². The average molecular weight is 630 g/mol. The number of rotatable bonds is 14. The predicted octanol–water partition coefficient (Wildman–Crippen LogP) is -0.0568. The molecule has 0 aromatic carbocycles. The van der Waals surface area contributed by atoms with Crippen molar-refractivity contribution in [3.63, 3.8) is 0 Å². The topological polar surface area (TPSA) is 200 Å². The second-order valence-electron chi connectivity index (χ2n) is 13.9. The van der Waals surface area contributed by atoms with E-state index in [9.17, 15) is 32.4 Å². The number of carbonyl (C=O) groups excluding carboxylic acids is 5. The van der Waals surface area contributed by atoms with E-state index in [0.717, 1.165) is 4.31 Å². The van der Waals surface area contributed by atoms with Gasteiger partial charge in [-0.2, -0.15) is 12.7 Å². The van der Waals surface area contributed by atoms with Crippen LogP contribution >= 0.6 is 0 Å². The molecular formula is C28H51N7O7S. The van der Waals surface area contributed by atoms with E-state index in [4.69, 9.17) is 5.73 Å². The van der Waals surface area contributed by atoms with Crippen LogP contribution < -0.4 is 26.4 Å². The van der Waals surface area contributed by atoms with E-state index in [1.165, 1.54) is 19.0 Å². The first kappa shape index (κ1) is 36.4. The molecule has 2 aliphatic rings. The molecule has 1 aliphatic carbocycles. The van der Waals surface area contributed by atoms with E-state index in [0.29, 0.717) is 13.0 Å². The monoisotopic (exact) mass is 629 g/mol. The van der Waals surface area contributed by atoms with Crippen LogP contribution in [-0.4, -0.2) is 98.5 Å². The van der Waals surface area contributed by atoms with Crippen molar-refractivity contribution in [2.45, 2.75) is 92.4 Å². The van der Waals surface area contributed by atoms with Crippen LogP contribution in [0.1, 0.15) is 68.2 Å². The van der Waals surface area contributed by atoms with Gasteiger partial charge in [0.1, 0.15) is 12.1 Å². The average Bonchev–Trinajstić information content (AvgIpc) is 3.20. The number of urea groups is 1. The molecule has 5 amide bonds. The number of likely N-dealkylation sites (tertiary alicyclic amines) is 1. The summed E-state index contributed by atoms with van der Waals surface area (Å²) < 4.78 is 27.9. The molecule has 0 aromatic rings. The van der Waals surface area contributed by atoms with E-state index in [1.54, 1.807) is 20.8 Å². The normalized spacial score (nSPS) is 23.3. The lowest BCUT2D eigenvalue weighted by Crippen LogP contribution is -2.62. The van der Waals surface area contributed by atoms with Crippen molar-refractivity contribution >= 4 is 39.7 Å². The number of nitrogens with one attached hydrogen (secondary N) is 4. The summed E-state index contributed by atoms with van der Waals surface area (Å²) in [5, 5.41) is 8.21. The van der Waals surface area contributed by atoms with Gasteiger partial charge in [-0.15, -0.1) is 0 Å². The summed E-state index contributed by atoms with van der Waals surface area (Å²) in [6.07, 6.45) is 0.744. The summed E-state index contributed by atoms with van der Waals surface area (Å²) in [7, 11) is -0.931. The smallest absolute Gasteiger partial charge is 0.315 e. The molecule has 1 saturated heterocycles. The van der Waals surface area contributed by atoms with Gasteiger partial charge in [0.15, 0.2) is 0 Å². The zero-order valence-electron chi connectivity index (χ0n) is 27.1. The van der Waals surface area contributed by atoms with Gasteiger partial charge >= 0.3 is 6.03 Å². The summed E-state index contributed by atoms with van der Waals surface area (Å²) >= 11 is 0. The molecule has 0 aromatic heterocycles. The third-order valence-corrected chi connectivity index (χ3v) is 10.2. The number of piperidine rings is 1. The van der Waals surface area contributed by atoms with Gasteiger partial charge in [0.2, 0.25) is 17.6 Å². The number of nitrogens with two attached hydrogens (primary N) is 1. The highest BCUT2D eigenvalue weighted by atomic mass is 32.2. The highest BCUT2D eigenvalue weighted by Crippen LogP contribution is 2.65. The third-order valence-electron chi connectivity index (χ3n) is 8.69. The van der Waals surface area contributed by atoms with Gasteiger partial charge in [0.25, 0.3) is 16.1 Å². The SMILES string of the molecule is CCCC(NC(=O)[C@@H]1[C@@H]2[C@H](CN1C(=O)[C@@H](NC(=O)N[C@H](CNS(=O)(=O)N(C)C)C(C)C)C(C)(C)C)C2(C)C)C(=O)C(N)=O. The predicted molar refractivity (Wildman–Crippen MR) is 161 cm³/mol. The molecule has 0 radical (unpaired) electrons. The molecule has 1 unspecified atom stereocenters. The van der Waals surface area contributed by atoms with Crippen LogP contribution in [0.25, 0.3) is 0 Å². The molecule has 14 nitrogen and oxygen atoms in total. The van der Waals surface area contributed by atoms with E-state index in [1.807, 2.05) is 34.6 Å². The van der Waals surface area contributed by atoms with E-state index in [-0.39, 0.29) is 36.1 Å². The molecule has 1 aliphatic heterocycles. The van der Waals surface area contributed by atoms with Gasteiger partial charge in [0, 0.05) is 33.2 Å². The Balaban J connectivity index is 2.27. The first-order valence-corrected chi connectivity index (χ1v) is 16.2. The number of ketones is 1. The lowest BCUT2D eigenvalue weighted by molar-refractivity contribution is -0.145. The van der Waals surface area contributed by atoms with Crippen molar-refractivity contribution < 1.29 is 32.4 Å². The van der Waals surface area contributed by atoms with E-state index < -0.39 is 69.3 Å². The molecule has 15 heteroatoms. The van der Waals surface area contributed by atoms with Gasteiger partial charge in [-0.25, -0.2) is 9.52 Å². The second-order valence-corrected chi connectivity index (χ2v) is 15.8. The van der Waals surface area contributed by atoms with Crippen LogP contribution in [0.4, 0.5) is 4.79 Å². The molecule has 6 atom stereocenters. The van der Waals surface area contributed by atoms with Gasteiger partial charge < -0.3 is 26.6 Å². The quantitative estimate of drug-likeness (QED) is 0.166. The Labute approximate surface area is 255 Å². The second kappa shape index (κ2) is 13.5. The highest BCUT2D eigenvalue weighted by molar-refractivity contribution is 7.87. The zero-order valence-corrected chi connectivity index (χ0v) is 27.9. The molecule has 1 saturated carbocycles. The molecule has 0 spiro atoms. The fourth-order valence-corrected chi connectivity index (χ4v) is 6.38. The maximum Gasteiger partial charge on any atom is 0.315 e. The minimum atomic E-state index is -3.71. The Morgan fingerprint density at radius 3 is 2.09 bits per heavy atom. The maximum absolute atomic E-state index is 14.1. The molecule has 2 fully saturated rings. The first-order chi connectivity index (χ1) is 19.6. The maximum atomic E-state index is 14.1. The first-order valence-electron chi connectivity index (χ1n) is 14.8. The number of primary amides is 1. The Hall–Kier alpha value is -2.78. The summed E-state index contributed by atoms with van der Waals surface area (Å²) in [5.74, 6) is -3.27. The van der Waals surface area contributed by atoms with Crippen molar-refractivity contribution in [2.75, 3.05) is 27.2 Å². The summed E-state index contributed by atoms with van der Waals surface area (Å²) in [4.78, 5) is 66.4. The van der Waals surface area contributed by atoms with Crippen LogP contribution in [-0.2, 0) is 29.4 Å². The van der Waals surface area contributed by atoms with Gasteiger partial charge in [-0.05, 0) is 35.0 Å². The van der Waals surface area contributed by atoms with Gasteiger partial charge in [-0.1, -0.05) is 61.8 Å². The Morgan fingerprint density at radius 1 is 1.05 bits per heavy atom. The lowest BCUT2D eigenvalue weighted by Gasteiger charge is -2.38. The fourth-order valence-electron chi connectivity index (χ4n) is 5.73. The Morgan fingerprint density at radius 2 is 1.63 bits per heavy atom. The largest absolute Gasteiger partial charge is 0.363 e. The Kier molecular flexibility index (Phi) is 11.4. The highest BCUT2D eigenvalue weighted by Gasteiger charge is 2.69. The number of nitrogens with zero attached hydrogens (tertiary/aromatic N) is 2. The molecule has 1 heterocycles. The molecule has 2 rings (SSSR count). The standard InChI is InChI=1S/C28H51N7O7S/c1-11-12-17(21(36)23(29)37)31-24(38)20-19-16(28(19,7)8)14-35(20)25(39)22(27(4,5)6)33-26(40)32-18(15(2)3)13-30-43(41,42)34(9)10/h15-20,22,30H,11-14H2,1-10H3,(H2,29,37)(H,31,38)(H2,32,33,40)/t16-,17?,18+,19-,20-,22+/m0/s1. The number of Topliss-reactive ketones (excluding diaryl/α,β-unsaturated/α-hetero) is 1. The van der Waals surface area contributed by atoms with E-state index >= 15 is 0 Å². The van der Waals surface area contributed by atoms with Crippen LogP contribution in [0.5, 0.6) is 0 Å². The minimum absolute atomic E-state index is 0.0492. The van der Waals surface area contributed by atoms with Crippen molar-refractivity contribution in [1.29, 1.82) is 0 Å². The van der Waals surface area contributed by atoms with E-state index in [2.05, 4.69) is 20.7 Å². The van der Waals surface area contributed by atoms with Crippen LogP contribution in [0.2, 0.25) is 0 Å². The number of amides is 5.